The van der Waals surface area contributed by atoms with Crippen LogP contribution >= 0.6 is 30.4 Å². The number of para-hydroxylation sites is 1. The summed E-state index contributed by atoms with van der Waals surface area (Å²) in [5.74, 6) is 0.698. The number of nitrogens with zero attached hydrogens (tertiary/aromatic N) is 12. The van der Waals surface area contributed by atoms with Gasteiger partial charge in [0.1, 0.15) is 48.7 Å². The maximum absolute atomic E-state index is 13.3. The number of aryl methyl sites for hydroxylation is 2. The minimum atomic E-state index is -3.87. The van der Waals surface area contributed by atoms with Gasteiger partial charge in [0.05, 0.1) is 78.2 Å². The van der Waals surface area contributed by atoms with Crippen LogP contribution in [-0.4, -0.2) is 188 Å². The number of ether oxygens (including phenoxy) is 12. The molecule has 149 heavy (non-hydrogen) atoms. The summed E-state index contributed by atoms with van der Waals surface area (Å²) in [6.45, 7) is 2.25. The van der Waals surface area contributed by atoms with E-state index in [-0.39, 0.29) is 165 Å². The molecule has 0 amide bonds. The van der Waals surface area contributed by atoms with Crippen LogP contribution in [-0.2, 0) is 150 Å². The number of hydrogen-bond donors (Lipinski definition) is 8. The second kappa shape index (κ2) is 55.4. The van der Waals surface area contributed by atoms with Crippen molar-refractivity contribution >= 4 is 123 Å². The molecule has 1 aliphatic rings. The number of aromatic amines is 4. The predicted octanol–water partition coefficient (Wildman–Crippen LogP) is 13.6. The van der Waals surface area contributed by atoms with Gasteiger partial charge in [0.25, 0.3) is 22.2 Å². The van der Waals surface area contributed by atoms with Crippen LogP contribution in [0.4, 0.5) is 43.0 Å². The third-order valence-corrected chi connectivity index (χ3v) is 26.7. The van der Waals surface area contributed by atoms with Gasteiger partial charge < -0.3 is 116 Å². The molecule has 0 radical (unpaired) electrons. The van der Waals surface area contributed by atoms with Crippen LogP contribution in [0.1, 0.15) is 59.1 Å². The average Bonchev–Trinajstić information content (AvgIpc) is 1.67. The summed E-state index contributed by atoms with van der Waals surface area (Å²) in [4.78, 5) is 137. The molecule has 7 aromatic carbocycles. The molecule has 56 heteroatoms. The van der Waals surface area contributed by atoms with Crippen molar-refractivity contribution in [1.82, 2.24) is 78.1 Å². The van der Waals surface area contributed by atoms with Crippen LogP contribution in [0.2, 0.25) is 0 Å². The molecule has 1 aliphatic carbocycles. The van der Waals surface area contributed by atoms with Crippen molar-refractivity contribution in [1.29, 1.82) is 0 Å². The molecule has 8 heterocycles. The van der Waals surface area contributed by atoms with Gasteiger partial charge in [-0.2, -0.15) is 19.9 Å². The second-order valence-electron chi connectivity index (χ2n) is 31.7. The number of nitrogens with two attached hydrogens (primary N) is 4. The van der Waals surface area contributed by atoms with Crippen LogP contribution in [0.15, 0.2) is 245 Å². The normalized spacial score (nSPS) is 13.5. The van der Waals surface area contributed by atoms with Crippen molar-refractivity contribution in [2.24, 2.45) is 0 Å². The number of carbonyl (C=O) groups is 4. The Bertz CT molecular complexity index is 7130. The SMILES string of the molecule is Cc1ccc(OC(=O)OCOP(=O)(COCCn2cnc3c(=O)[nH]c(N)nc32)OCc2ccccc2)cc1.Cc1ccc(OC(=O)OCOP(=O)(COCCn2cnc3c(=O)[nH]c(N)nc32)OCc2ccccc2)cc1.Nc1nc2c(ncn2CCOCP(=O)(OCOC(=O)OC2CCCC2)OCc2ccccc2)c(=O)[nH]1.Nc1nc2c(ncn2CCOCP(=O)(OCOC(=O)Oc2ccccc2)OCc2ccccc2)c(=O)[nH]1. The predicted molar refractivity (Wildman–Crippen MR) is 533 cm³/mol. The zero-order chi connectivity index (χ0) is 105. The Morgan fingerprint density at radius 2 is 0.557 bits per heavy atom. The maximum Gasteiger partial charge on any atom is 0.515 e. The molecule has 15 aromatic rings. The van der Waals surface area contributed by atoms with Crippen LogP contribution in [0.25, 0.3) is 44.7 Å². The van der Waals surface area contributed by atoms with Crippen molar-refractivity contribution in [2.45, 2.75) is 98.2 Å². The number of hydrogen-bond acceptors (Lipinski definition) is 44. The lowest BCUT2D eigenvalue weighted by Gasteiger charge is -2.19. The van der Waals surface area contributed by atoms with Gasteiger partial charge in [0.2, 0.25) is 51.0 Å². The molecule has 0 spiro atoms. The lowest BCUT2D eigenvalue weighted by atomic mass is 10.2. The number of anilines is 4. The van der Waals surface area contributed by atoms with E-state index in [0.717, 1.165) is 59.1 Å². The Labute approximate surface area is 845 Å². The van der Waals surface area contributed by atoms with E-state index in [1.165, 1.54) is 25.3 Å². The van der Waals surface area contributed by atoms with Gasteiger partial charge in [-0.1, -0.05) is 175 Å². The smallest absolute Gasteiger partial charge is 0.431 e. The highest BCUT2D eigenvalue weighted by atomic mass is 31.2. The summed E-state index contributed by atoms with van der Waals surface area (Å²) >= 11 is 0. The standard InChI is InChI=1S/2C24H26N5O8P.C23H24N5O8P.C22H28N5O8P/c2*1-17-7-9-19(10-8-17)37-24(31)34-15-36-38(32,35-13-18-5-3-2-4-6-18)16-33-12-11-29-14-26-20-21(29)27-23(25)28-22(20)30;24-22-26-20-19(21(29)27-22)25-14-28(20)11-12-32-16-37(31,34-13-17-7-3-1-4-8-17)35-15-33-23(30)36-18-9-5-2-6-10-18;23-21-25-19-18(20(28)26-21)24-13-27(19)10-11-31-15-36(30,33-12-16-6-2-1-3-7-16)34-14-32-22(29)35-17-8-4-5-9-17/h2*2-10,14H,11-13,15-16H2,1H3,(H3,25,27,28,30);1-10,14H,11-13,15-16H2,(H3,24,26,27,29);1-3,6-7,13,17H,4-5,8-12,14-15H2,(H3,23,25,26,28). The van der Waals surface area contributed by atoms with Crippen molar-refractivity contribution in [3.05, 3.63) is 300 Å². The van der Waals surface area contributed by atoms with E-state index < -0.39 is 130 Å². The summed E-state index contributed by atoms with van der Waals surface area (Å²) in [6, 6.07) is 58.1. The van der Waals surface area contributed by atoms with Crippen molar-refractivity contribution < 1.29 is 130 Å². The highest BCUT2D eigenvalue weighted by Gasteiger charge is 2.33. The third kappa shape index (κ3) is 35.8. The molecule has 788 valence electrons. The number of fused-ring (bicyclic) bond motifs is 4. The molecule has 1 saturated carbocycles. The summed E-state index contributed by atoms with van der Waals surface area (Å²) in [5.41, 5.74) is 27.4. The van der Waals surface area contributed by atoms with Gasteiger partial charge >= 0.3 is 55.0 Å². The first-order valence-electron chi connectivity index (χ1n) is 45.3. The van der Waals surface area contributed by atoms with Gasteiger partial charge in [-0.05, 0) is 98.2 Å². The largest absolute Gasteiger partial charge is 0.515 e. The number of nitrogen functional groups attached to an aromatic ring is 4. The van der Waals surface area contributed by atoms with Crippen molar-refractivity contribution in [3.63, 3.8) is 0 Å². The Hall–Kier alpha value is -15.3. The minimum Gasteiger partial charge on any atom is -0.431 e. The molecule has 8 aromatic heterocycles. The van der Waals surface area contributed by atoms with Crippen molar-refractivity contribution in [2.75, 3.05) is 102 Å². The van der Waals surface area contributed by atoms with E-state index >= 15 is 0 Å². The summed E-state index contributed by atoms with van der Waals surface area (Å²) < 4.78 is 165. The molecule has 0 saturated heterocycles. The van der Waals surface area contributed by atoms with E-state index in [4.69, 9.17) is 116 Å². The summed E-state index contributed by atoms with van der Waals surface area (Å²) in [6.07, 6.45) is 3.46. The number of imidazole rings is 4. The van der Waals surface area contributed by atoms with E-state index in [9.17, 15) is 56.6 Å². The van der Waals surface area contributed by atoms with Crippen molar-refractivity contribution in [3.8, 4) is 17.2 Å². The summed E-state index contributed by atoms with van der Waals surface area (Å²) in [5, 5.41) is 0. The lowest BCUT2D eigenvalue weighted by molar-refractivity contribution is -0.0212. The minimum absolute atomic E-state index is 0.00608. The Morgan fingerprint density at radius 3 is 0.812 bits per heavy atom. The summed E-state index contributed by atoms with van der Waals surface area (Å²) in [7, 11) is -15.4. The fraction of sp³-hybridized carbons (Fsp3) is 0.290. The number of H-pyrrole nitrogens is 4. The van der Waals surface area contributed by atoms with Gasteiger partial charge in [-0.15, -0.1) is 0 Å². The molecular formula is C93H104N20O32P4. The Kier molecular flexibility index (Phi) is 41.3. The molecule has 1 fully saturated rings. The highest BCUT2D eigenvalue weighted by Crippen LogP contribution is 2.52. The number of rotatable bonds is 48. The van der Waals surface area contributed by atoms with Gasteiger partial charge in [-0.25, -0.2) is 39.1 Å². The lowest BCUT2D eigenvalue weighted by Crippen LogP contribution is -2.17. The molecule has 52 nitrogen and oxygen atoms in total. The van der Waals surface area contributed by atoms with Crippen LogP contribution in [0.3, 0.4) is 0 Å². The first-order valence-corrected chi connectivity index (χ1v) is 52.2. The van der Waals surface area contributed by atoms with Gasteiger partial charge in [0, 0.05) is 26.2 Å². The van der Waals surface area contributed by atoms with Crippen LogP contribution < -0.4 is 59.4 Å². The maximum atomic E-state index is 13.3. The number of nitrogens with one attached hydrogen (secondary N) is 4. The zero-order valence-electron chi connectivity index (χ0n) is 79.9. The zero-order valence-corrected chi connectivity index (χ0v) is 83.5. The van der Waals surface area contributed by atoms with Crippen LogP contribution in [0.5, 0.6) is 17.2 Å². The quantitative estimate of drug-likeness (QED) is 0.00438. The molecule has 0 bridgehead atoms. The average molecular weight is 2140 g/mol. The number of aromatic nitrogens is 16. The third-order valence-electron chi connectivity index (χ3n) is 20.6. The fourth-order valence-electron chi connectivity index (χ4n) is 13.2. The molecular weight excluding hydrogens is 2030 g/mol. The Balaban J connectivity index is 0.000000166. The number of benzene rings is 7. The molecule has 0 aliphatic heterocycles. The second-order valence-corrected chi connectivity index (χ2v) is 39.7. The fourth-order valence-corrected chi connectivity index (χ4v) is 17.7. The molecule has 4 atom stereocenters. The molecule has 4 unspecified atom stereocenters. The molecule has 12 N–H and O–H groups in total. The topological polar surface area (TPSA) is 680 Å². The first kappa shape index (κ1) is 111. The molecule has 16 rings (SSSR count). The highest BCUT2D eigenvalue weighted by molar-refractivity contribution is 7.54. The first-order chi connectivity index (χ1) is 72.0. The van der Waals surface area contributed by atoms with Gasteiger partial charge in [0.15, 0.2) is 44.7 Å². The van der Waals surface area contributed by atoms with E-state index in [0.29, 0.717) is 5.65 Å². The monoisotopic (exact) mass is 2140 g/mol. The van der Waals surface area contributed by atoms with E-state index in [1.807, 2.05) is 98.8 Å². The van der Waals surface area contributed by atoms with Gasteiger partial charge in [-0.3, -0.25) is 75.5 Å². The Morgan fingerprint density at radius 1 is 0.322 bits per heavy atom. The van der Waals surface area contributed by atoms with E-state index in [2.05, 4.69) is 59.8 Å². The van der Waals surface area contributed by atoms with E-state index in [1.54, 1.807) is 134 Å². The number of carbonyl (C=O) groups excluding carboxylic acids is 4. The van der Waals surface area contributed by atoms with Crippen LogP contribution in [0, 0.1) is 13.8 Å².